The fraction of sp³-hybridized carbons (Fsp3) is 0.600. The molecule has 0 aliphatic heterocycles. The summed E-state index contributed by atoms with van der Waals surface area (Å²) in [6, 6.07) is 0. The molecule has 0 aliphatic carbocycles. The third-order valence-corrected chi connectivity index (χ3v) is 3.48. The third-order valence-electron chi connectivity index (χ3n) is 2.19. The van der Waals surface area contributed by atoms with E-state index in [-0.39, 0.29) is 11.8 Å². The van der Waals surface area contributed by atoms with E-state index in [2.05, 4.69) is 4.98 Å². The number of thiazole rings is 1. The Morgan fingerprint density at radius 1 is 1.53 bits per heavy atom. The number of rotatable bonds is 4. The molecule has 1 aromatic heterocycles. The van der Waals surface area contributed by atoms with E-state index in [1.807, 2.05) is 20.8 Å². The zero-order valence-corrected chi connectivity index (χ0v) is 9.97. The van der Waals surface area contributed by atoms with Crippen LogP contribution in [0.3, 0.4) is 0 Å². The smallest absolute Gasteiger partial charge is 0.347 e. The fourth-order valence-corrected chi connectivity index (χ4v) is 2.33. The standard InChI is InChI=1S/C10H16N2O2S/c1-5(2)7-8(10(13)14)15-9(12-7)6(3)4-11/h5-6H,4,11H2,1-3H3,(H,13,14). The van der Waals surface area contributed by atoms with E-state index in [0.717, 1.165) is 5.01 Å². The number of aromatic nitrogens is 1. The summed E-state index contributed by atoms with van der Waals surface area (Å²) < 4.78 is 0. The molecule has 0 spiro atoms. The minimum absolute atomic E-state index is 0.126. The third kappa shape index (κ3) is 2.54. The van der Waals surface area contributed by atoms with Gasteiger partial charge in [-0.3, -0.25) is 0 Å². The van der Waals surface area contributed by atoms with Gasteiger partial charge in [0.2, 0.25) is 0 Å². The van der Waals surface area contributed by atoms with Crippen molar-refractivity contribution in [1.82, 2.24) is 4.98 Å². The second kappa shape index (κ2) is 4.72. The van der Waals surface area contributed by atoms with Crippen LogP contribution in [0.5, 0.6) is 0 Å². The summed E-state index contributed by atoms with van der Waals surface area (Å²) in [7, 11) is 0. The molecule has 0 saturated carbocycles. The quantitative estimate of drug-likeness (QED) is 0.826. The zero-order chi connectivity index (χ0) is 11.6. The predicted octanol–water partition coefficient (Wildman–Crippen LogP) is 2.03. The highest BCUT2D eigenvalue weighted by molar-refractivity contribution is 7.13. The van der Waals surface area contributed by atoms with Gasteiger partial charge in [0.15, 0.2) is 0 Å². The SMILES string of the molecule is CC(C)c1nc(C(C)CN)sc1C(=O)O. The van der Waals surface area contributed by atoms with Crippen LogP contribution in [-0.2, 0) is 0 Å². The number of carboxylic acid groups (broad SMARTS) is 1. The molecule has 84 valence electrons. The van der Waals surface area contributed by atoms with E-state index in [1.165, 1.54) is 11.3 Å². The Labute approximate surface area is 93.1 Å². The number of carbonyl (C=O) groups is 1. The average molecular weight is 228 g/mol. The molecule has 1 rings (SSSR count). The number of nitrogens with two attached hydrogens (primary N) is 1. The highest BCUT2D eigenvalue weighted by atomic mass is 32.1. The first-order valence-electron chi connectivity index (χ1n) is 4.91. The van der Waals surface area contributed by atoms with Gasteiger partial charge in [-0.1, -0.05) is 20.8 Å². The van der Waals surface area contributed by atoms with Crippen LogP contribution in [0.25, 0.3) is 0 Å². The van der Waals surface area contributed by atoms with E-state index in [1.54, 1.807) is 0 Å². The summed E-state index contributed by atoms with van der Waals surface area (Å²) in [6.45, 7) is 6.33. The lowest BCUT2D eigenvalue weighted by Gasteiger charge is -2.03. The summed E-state index contributed by atoms with van der Waals surface area (Å²) in [5.74, 6) is -0.640. The van der Waals surface area contributed by atoms with Gasteiger partial charge in [-0.15, -0.1) is 11.3 Å². The Morgan fingerprint density at radius 2 is 2.13 bits per heavy atom. The van der Waals surface area contributed by atoms with Crippen LogP contribution in [0.4, 0.5) is 0 Å². The Balaban J connectivity index is 3.15. The van der Waals surface area contributed by atoms with Crippen LogP contribution in [0.1, 0.15) is 53.0 Å². The minimum Gasteiger partial charge on any atom is -0.477 e. The van der Waals surface area contributed by atoms with E-state index >= 15 is 0 Å². The monoisotopic (exact) mass is 228 g/mol. The Morgan fingerprint density at radius 3 is 2.47 bits per heavy atom. The van der Waals surface area contributed by atoms with Crippen LogP contribution in [-0.4, -0.2) is 22.6 Å². The second-order valence-electron chi connectivity index (χ2n) is 3.86. The van der Waals surface area contributed by atoms with Gasteiger partial charge in [0.05, 0.1) is 10.7 Å². The topological polar surface area (TPSA) is 76.2 Å². The largest absolute Gasteiger partial charge is 0.477 e. The van der Waals surface area contributed by atoms with Gasteiger partial charge in [-0.2, -0.15) is 0 Å². The number of aromatic carboxylic acids is 1. The number of hydrogen-bond acceptors (Lipinski definition) is 4. The molecule has 5 heteroatoms. The normalized spacial score (nSPS) is 13.1. The Kier molecular flexibility index (Phi) is 3.82. The van der Waals surface area contributed by atoms with Crippen molar-refractivity contribution in [3.05, 3.63) is 15.6 Å². The zero-order valence-electron chi connectivity index (χ0n) is 9.15. The molecule has 3 N–H and O–H groups in total. The van der Waals surface area contributed by atoms with Gasteiger partial charge in [0.25, 0.3) is 0 Å². The lowest BCUT2D eigenvalue weighted by molar-refractivity contribution is 0.0700. The van der Waals surface area contributed by atoms with Crippen molar-refractivity contribution >= 4 is 17.3 Å². The first kappa shape index (κ1) is 12.1. The molecule has 0 bridgehead atoms. The van der Waals surface area contributed by atoms with Gasteiger partial charge in [0, 0.05) is 12.5 Å². The summed E-state index contributed by atoms with van der Waals surface area (Å²) in [5.41, 5.74) is 6.20. The van der Waals surface area contributed by atoms with Gasteiger partial charge in [-0.05, 0) is 5.92 Å². The van der Waals surface area contributed by atoms with Crippen LogP contribution in [0.2, 0.25) is 0 Å². The Hall–Kier alpha value is -0.940. The minimum atomic E-state index is -0.897. The molecular weight excluding hydrogens is 212 g/mol. The molecule has 1 unspecified atom stereocenters. The Bertz CT molecular complexity index is 360. The highest BCUT2D eigenvalue weighted by Crippen LogP contribution is 2.28. The van der Waals surface area contributed by atoms with Gasteiger partial charge in [-0.25, -0.2) is 9.78 Å². The molecule has 0 fully saturated rings. The van der Waals surface area contributed by atoms with Gasteiger partial charge >= 0.3 is 5.97 Å². The van der Waals surface area contributed by atoms with Crippen molar-refractivity contribution in [1.29, 1.82) is 0 Å². The average Bonchev–Trinajstić information content (AvgIpc) is 2.61. The van der Waals surface area contributed by atoms with Crippen molar-refractivity contribution in [3.63, 3.8) is 0 Å². The maximum absolute atomic E-state index is 11.0. The summed E-state index contributed by atoms with van der Waals surface area (Å²) in [6.07, 6.45) is 0. The van der Waals surface area contributed by atoms with E-state index in [0.29, 0.717) is 17.1 Å². The summed E-state index contributed by atoms with van der Waals surface area (Å²) in [5, 5.41) is 9.84. The van der Waals surface area contributed by atoms with Crippen molar-refractivity contribution in [2.24, 2.45) is 5.73 Å². The molecule has 1 heterocycles. The molecule has 1 aromatic rings. The van der Waals surface area contributed by atoms with Crippen molar-refractivity contribution in [2.75, 3.05) is 6.54 Å². The van der Waals surface area contributed by atoms with E-state index in [4.69, 9.17) is 10.8 Å². The number of hydrogen-bond donors (Lipinski definition) is 2. The van der Waals surface area contributed by atoms with Gasteiger partial charge < -0.3 is 10.8 Å². The van der Waals surface area contributed by atoms with Crippen LogP contribution < -0.4 is 5.73 Å². The van der Waals surface area contributed by atoms with Crippen molar-refractivity contribution in [2.45, 2.75) is 32.6 Å². The summed E-state index contributed by atoms with van der Waals surface area (Å²) >= 11 is 1.24. The molecule has 0 aromatic carbocycles. The lowest BCUT2D eigenvalue weighted by Crippen LogP contribution is -2.08. The molecule has 15 heavy (non-hydrogen) atoms. The molecule has 1 atom stereocenters. The molecule has 0 saturated heterocycles. The van der Waals surface area contributed by atoms with E-state index in [9.17, 15) is 4.79 Å². The predicted molar refractivity (Wildman–Crippen MR) is 60.6 cm³/mol. The maximum Gasteiger partial charge on any atom is 0.347 e. The van der Waals surface area contributed by atoms with Crippen molar-refractivity contribution < 1.29 is 9.90 Å². The first-order chi connectivity index (χ1) is 6.97. The molecular formula is C10H16N2O2S. The lowest BCUT2D eigenvalue weighted by atomic mass is 10.1. The highest BCUT2D eigenvalue weighted by Gasteiger charge is 2.21. The van der Waals surface area contributed by atoms with Crippen LogP contribution >= 0.6 is 11.3 Å². The number of nitrogens with zero attached hydrogens (tertiary/aromatic N) is 1. The maximum atomic E-state index is 11.0. The fourth-order valence-electron chi connectivity index (χ4n) is 1.21. The van der Waals surface area contributed by atoms with E-state index < -0.39 is 5.97 Å². The molecule has 0 radical (unpaired) electrons. The van der Waals surface area contributed by atoms with Crippen LogP contribution in [0, 0.1) is 0 Å². The van der Waals surface area contributed by atoms with Gasteiger partial charge in [0.1, 0.15) is 4.88 Å². The van der Waals surface area contributed by atoms with Crippen LogP contribution in [0.15, 0.2) is 0 Å². The molecule has 0 amide bonds. The number of carboxylic acids is 1. The first-order valence-corrected chi connectivity index (χ1v) is 5.73. The van der Waals surface area contributed by atoms with Crippen molar-refractivity contribution in [3.8, 4) is 0 Å². The summed E-state index contributed by atoms with van der Waals surface area (Å²) in [4.78, 5) is 15.7. The molecule has 0 aliphatic rings. The second-order valence-corrected chi connectivity index (χ2v) is 4.89. The molecule has 4 nitrogen and oxygen atoms in total.